The lowest BCUT2D eigenvalue weighted by Crippen LogP contribution is -2.10. The fourth-order valence-electron chi connectivity index (χ4n) is 2.47. The normalized spacial score (nSPS) is 12.5. The molecule has 0 radical (unpaired) electrons. The lowest BCUT2D eigenvalue weighted by molar-refractivity contribution is 0.0689. The quantitative estimate of drug-likeness (QED) is 0.513. The van der Waals surface area contributed by atoms with Crippen molar-refractivity contribution < 1.29 is 9.84 Å². The maximum Gasteiger partial charge on any atom is 0.0716 e. The molecule has 1 aromatic carbocycles. The Morgan fingerprint density at radius 3 is 2.29 bits per heavy atom. The molecule has 1 atom stereocenters. The summed E-state index contributed by atoms with van der Waals surface area (Å²) in [6.45, 7) is 3.54. The van der Waals surface area contributed by atoms with Crippen LogP contribution in [0.3, 0.4) is 0 Å². The van der Waals surface area contributed by atoms with E-state index in [9.17, 15) is 5.11 Å². The Balaban J connectivity index is 1.88. The summed E-state index contributed by atoms with van der Waals surface area (Å²) >= 11 is 0. The Hall–Kier alpha value is -0.860. The molecule has 1 rings (SSSR count). The minimum atomic E-state index is -0.198. The van der Waals surface area contributed by atoms with Gasteiger partial charge in [0.05, 0.1) is 12.7 Å². The Labute approximate surface area is 130 Å². The van der Waals surface area contributed by atoms with E-state index >= 15 is 0 Å². The first-order chi connectivity index (χ1) is 10.3. The molecule has 0 bridgehead atoms. The smallest absolute Gasteiger partial charge is 0.0716 e. The predicted molar refractivity (Wildman–Crippen MR) is 89.3 cm³/mol. The van der Waals surface area contributed by atoms with Crippen molar-refractivity contribution in [1.82, 2.24) is 0 Å². The molecule has 0 aromatic heterocycles. The number of unbranched alkanes of at least 4 members (excludes halogenated alkanes) is 6. The van der Waals surface area contributed by atoms with Crippen LogP contribution < -0.4 is 0 Å². The molecular formula is C19H32O2. The molecule has 0 amide bonds. The molecule has 0 aliphatic rings. The molecule has 0 aliphatic carbocycles. The largest absolute Gasteiger partial charge is 0.393 e. The van der Waals surface area contributed by atoms with Crippen LogP contribution in [0.15, 0.2) is 30.3 Å². The van der Waals surface area contributed by atoms with E-state index in [4.69, 9.17) is 4.74 Å². The topological polar surface area (TPSA) is 29.5 Å². The first-order valence-corrected chi connectivity index (χ1v) is 8.62. The Bertz CT molecular complexity index is 324. The number of hydrogen-bond acceptors (Lipinski definition) is 2. The van der Waals surface area contributed by atoms with Gasteiger partial charge in [-0.3, -0.25) is 0 Å². The van der Waals surface area contributed by atoms with Crippen molar-refractivity contribution in [3.05, 3.63) is 35.9 Å². The number of hydrogen-bond donors (Lipinski definition) is 1. The summed E-state index contributed by atoms with van der Waals surface area (Å²) < 4.78 is 5.60. The van der Waals surface area contributed by atoms with E-state index < -0.39 is 0 Å². The third-order valence-corrected chi connectivity index (χ3v) is 3.85. The predicted octanol–water partition coefficient (Wildman–Crippen LogP) is 5.09. The van der Waals surface area contributed by atoms with E-state index in [0.717, 1.165) is 19.3 Å². The summed E-state index contributed by atoms with van der Waals surface area (Å²) in [6, 6.07) is 10.2. The minimum absolute atomic E-state index is 0.198. The van der Waals surface area contributed by atoms with Crippen molar-refractivity contribution >= 4 is 0 Å². The standard InChI is InChI=1S/C19H32O2/c1-2-3-4-5-6-7-11-14-19(20)15-16-21-17-18-12-9-8-10-13-18/h8-10,12-13,19-20H,2-7,11,14-17H2,1H3/t19-/m1/s1. The van der Waals surface area contributed by atoms with Crippen molar-refractivity contribution in [3.63, 3.8) is 0 Å². The highest BCUT2D eigenvalue weighted by Crippen LogP contribution is 2.11. The van der Waals surface area contributed by atoms with Gasteiger partial charge in [0.2, 0.25) is 0 Å². The zero-order chi connectivity index (χ0) is 15.2. The molecule has 0 saturated carbocycles. The molecule has 1 aromatic rings. The zero-order valence-corrected chi connectivity index (χ0v) is 13.6. The van der Waals surface area contributed by atoms with Gasteiger partial charge in [-0.05, 0) is 18.4 Å². The van der Waals surface area contributed by atoms with Crippen LogP contribution in [0.2, 0.25) is 0 Å². The van der Waals surface area contributed by atoms with Crippen LogP contribution in [-0.2, 0) is 11.3 Å². The summed E-state index contributed by atoms with van der Waals surface area (Å²) in [6.07, 6.45) is 10.6. The average Bonchev–Trinajstić information content (AvgIpc) is 2.52. The summed E-state index contributed by atoms with van der Waals surface area (Å²) in [5.74, 6) is 0. The number of rotatable bonds is 13. The maximum absolute atomic E-state index is 9.91. The van der Waals surface area contributed by atoms with Gasteiger partial charge in [-0.2, -0.15) is 0 Å². The van der Waals surface area contributed by atoms with E-state index in [1.54, 1.807) is 0 Å². The molecular weight excluding hydrogens is 260 g/mol. The monoisotopic (exact) mass is 292 g/mol. The van der Waals surface area contributed by atoms with Gasteiger partial charge in [0.25, 0.3) is 0 Å². The van der Waals surface area contributed by atoms with Gasteiger partial charge in [0.1, 0.15) is 0 Å². The molecule has 0 unspecified atom stereocenters. The highest BCUT2D eigenvalue weighted by Gasteiger charge is 2.04. The van der Waals surface area contributed by atoms with E-state index in [0.29, 0.717) is 13.2 Å². The lowest BCUT2D eigenvalue weighted by Gasteiger charge is -2.11. The summed E-state index contributed by atoms with van der Waals surface area (Å²) in [5, 5.41) is 9.91. The lowest BCUT2D eigenvalue weighted by atomic mass is 10.1. The van der Waals surface area contributed by atoms with E-state index in [1.807, 2.05) is 18.2 Å². The van der Waals surface area contributed by atoms with Crippen LogP contribution in [0, 0.1) is 0 Å². The van der Waals surface area contributed by atoms with Gasteiger partial charge < -0.3 is 9.84 Å². The number of ether oxygens (including phenoxy) is 1. The van der Waals surface area contributed by atoms with Crippen molar-refractivity contribution in [3.8, 4) is 0 Å². The van der Waals surface area contributed by atoms with Gasteiger partial charge >= 0.3 is 0 Å². The molecule has 120 valence electrons. The zero-order valence-electron chi connectivity index (χ0n) is 13.6. The summed E-state index contributed by atoms with van der Waals surface area (Å²) in [4.78, 5) is 0. The fraction of sp³-hybridized carbons (Fsp3) is 0.684. The average molecular weight is 292 g/mol. The third-order valence-electron chi connectivity index (χ3n) is 3.85. The maximum atomic E-state index is 9.91. The van der Waals surface area contributed by atoms with Crippen molar-refractivity contribution in [2.75, 3.05) is 6.61 Å². The molecule has 2 heteroatoms. The van der Waals surface area contributed by atoms with Crippen LogP contribution >= 0.6 is 0 Å². The summed E-state index contributed by atoms with van der Waals surface area (Å²) in [5.41, 5.74) is 1.19. The van der Waals surface area contributed by atoms with Crippen molar-refractivity contribution in [1.29, 1.82) is 0 Å². The molecule has 2 nitrogen and oxygen atoms in total. The third kappa shape index (κ3) is 10.5. The van der Waals surface area contributed by atoms with E-state index in [2.05, 4.69) is 19.1 Å². The van der Waals surface area contributed by atoms with Crippen LogP contribution in [0.4, 0.5) is 0 Å². The Morgan fingerprint density at radius 2 is 1.57 bits per heavy atom. The highest BCUT2D eigenvalue weighted by atomic mass is 16.5. The molecule has 0 aliphatic heterocycles. The molecule has 0 spiro atoms. The van der Waals surface area contributed by atoms with E-state index in [-0.39, 0.29) is 6.10 Å². The minimum Gasteiger partial charge on any atom is -0.393 e. The molecule has 21 heavy (non-hydrogen) atoms. The molecule has 0 heterocycles. The van der Waals surface area contributed by atoms with Crippen molar-refractivity contribution in [2.45, 2.75) is 77.4 Å². The second-order valence-electron chi connectivity index (χ2n) is 5.89. The molecule has 0 saturated heterocycles. The van der Waals surface area contributed by atoms with Gasteiger partial charge in [-0.25, -0.2) is 0 Å². The second-order valence-corrected chi connectivity index (χ2v) is 5.89. The summed E-state index contributed by atoms with van der Waals surface area (Å²) in [7, 11) is 0. The number of aliphatic hydroxyl groups is 1. The highest BCUT2D eigenvalue weighted by molar-refractivity contribution is 5.13. The fourth-order valence-corrected chi connectivity index (χ4v) is 2.47. The Kier molecular flexibility index (Phi) is 11.1. The van der Waals surface area contributed by atoms with E-state index in [1.165, 1.54) is 44.1 Å². The van der Waals surface area contributed by atoms with Gasteiger partial charge in [0, 0.05) is 6.61 Å². The van der Waals surface area contributed by atoms with Crippen LogP contribution in [0.1, 0.15) is 70.3 Å². The van der Waals surface area contributed by atoms with Gasteiger partial charge in [-0.15, -0.1) is 0 Å². The number of benzene rings is 1. The molecule has 1 N–H and O–H groups in total. The van der Waals surface area contributed by atoms with Crippen LogP contribution in [0.5, 0.6) is 0 Å². The first-order valence-electron chi connectivity index (χ1n) is 8.62. The van der Waals surface area contributed by atoms with Gasteiger partial charge in [0.15, 0.2) is 0 Å². The number of aliphatic hydroxyl groups excluding tert-OH is 1. The van der Waals surface area contributed by atoms with Crippen LogP contribution in [-0.4, -0.2) is 17.8 Å². The molecule has 0 fully saturated rings. The Morgan fingerprint density at radius 1 is 0.905 bits per heavy atom. The van der Waals surface area contributed by atoms with Crippen molar-refractivity contribution in [2.24, 2.45) is 0 Å². The SMILES string of the molecule is CCCCCCCCC[C@@H](O)CCOCc1ccccc1. The van der Waals surface area contributed by atoms with Gasteiger partial charge in [-0.1, -0.05) is 82.2 Å². The van der Waals surface area contributed by atoms with Crippen LogP contribution in [0.25, 0.3) is 0 Å². The first kappa shape index (κ1) is 18.2. The second kappa shape index (κ2) is 12.8.